The molecule has 4 atom stereocenters. The van der Waals surface area contributed by atoms with E-state index in [0.717, 1.165) is 38.3 Å². The van der Waals surface area contributed by atoms with Gasteiger partial charge in [0, 0.05) is 18.5 Å². The molecular weight excluding hydrogens is 452 g/mol. The molecule has 0 radical (unpaired) electrons. The lowest BCUT2D eigenvalue weighted by molar-refractivity contribution is -0.0540. The number of nitrogens with zero attached hydrogens (tertiary/aromatic N) is 7. The summed E-state index contributed by atoms with van der Waals surface area (Å²) in [6.07, 6.45) is 6.38. The number of aromatic hydroxyl groups is 1. The van der Waals surface area contributed by atoms with Crippen LogP contribution in [0.1, 0.15) is 51.6 Å². The van der Waals surface area contributed by atoms with E-state index < -0.39 is 12.0 Å². The third-order valence-corrected chi connectivity index (χ3v) is 7.73. The molecule has 182 valence electrons. The standard InChI is InChI=1S/C25H27F2N7O/c1-24-7-4-8-25(2,14-24)22(27)19(10-24)33(3)21-12-29-23(31-30-21)16-6-5-15(9-20(16)35)34-13-17(26)18(11-28)32-34/h5-6,9,12-13,19,22,35H,4,7-8,10,14H2,1-3H3/t19-,22-,24-,25-/m1/s1. The summed E-state index contributed by atoms with van der Waals surface area (Å²) in [5.41, 5.74) is 0.160. The van der Waals surface area contributed by atoms with Gasteiger partial charge in [-0.05, 0) is 43.2 Å². The van der Waals surface area contributed by atoms with E-state index in [0.29, 0.717) is 17.1 Å². The van der Waals surface area contributed by atoms with Crippen molar-refractivity contribution in [1.29, 1.82) is 5.26 Å². The van der Waals surface area contributed by atoms with Crippen LogP contribution >= 0.6 is 0 Å². The maximum atomic E-state index is 15.6. The molecule has 5 rings (SSSR count). The Kier molecular flexibility index (Phi) is 5.46. The van der Waals surface area contributed by atoms with E-state index in [1.165, 1.54) is 10.7 Å². The minimum Gasteiger partial charge on any atom is -0.507 e. The van der Waals surface area contributed by atoms with E-state index >= 15 is 4.39 Å². The van der Waals surface area contributed by atoms with Crippen molar-refractivity contribution in [3.05, 3.63) is 42.1 Å². The van der Waals surface area contributed by atoms with Gasteiger partial charge in [-0.2, -0.15) is 10.4 Å². The topological polar surface area (TPSA) is 104 Å². The van der Waals surface area contributed by atoms with Crippen molar-refractivity contribution in [3.8, 4) is 28.9 Å². The molecule has 0 amide bonds. The fourth-order valence-electron chi connectivity index (χ4n) is 6.02. The maximum Gasteiger partial charge on any atom is 0.198 e. The molecule has 0 saturated heterocycles. The highest BCUT2D eigenvalue weighted by atomic mass is 19.1. The van der Waals surface area contributed by atoms with Gasteiger partial charge in [-0.25, -0.2) is 18.4 Å². The highest BCUT2D eigenvalue weighted by molar-refractivity contribution is 5.66. The molecule has 8 nitrogen and oxygen atoms in total. The van der Waals surface area contributed by atoms with Crippen molar-refractivity contribution in [2.24, 2.45) is 10.8 Å². The number of phenols is 1. The average molecular weight is 480 g/mol. The Morgan fingerprint density at radius 3 is 2.71 bits per heavy atom. The van der Waals surface area contributed by atoms with Gasteiger partial charge >= 0.3 is 0 Å². The van der Waals surface area contributed by atoms with E-state index in [1.54, 1.807) is 24.4 Å². The minimum atomic E-state index is -0.965. The van der Waals surface area contributed by atoms with Gasteiger partial charge in [0.05, 0.1) is 29.7 Å². The molecule has 2 saturated carbocycles. The van der Waals surface area contributed by atoms with E-state index in [-0.39, 0.29) is 34.1 Å². The third-order valence-electron chi connectivity index (χ3n) is 7.73. The normalized spacial score (nSPS) is 27.9. The van der Waals surface area contributed by atoms with Crippen molar-refractivity contribution < 1.29 is 13.9 Å². The second-order valence-electron chi connectivity index (χ2n) is 10.5. The third kappa shape index (κ3) is 3.99. The molecule has 2 bridgehead atoms. The summed E-state index contributed by atoms with van der Waals surface area (Å²) >= 11 is 0. The Hall–Kier alpha value is -3.61. The van der Waals surface area contributed by atoms with Crippen molar-refractivity contribution in [2.45, 2.75) is 58.2 Å². The fourth-order valence-corrected chi connectivity index (χ4v) is 6.02. The van der Waals surface area contributed by atoms with Crippen LogP contribution in [-0.4, -0.2) is 49.3 Å². The monoisotopic (exact) mass is 479 g/mol. The van der Waals surface area contributed by atoms with Crippen LogP contribution in [0, 0.1) is 28.0 Å². The lowest BCUT2D eigenvalue weighted by atomic mass is 9.54. The number of nitriles is 1. The van der Waals surface area contributed by atoms with Gasteiger partial charge in [-0.15, -0.1) is 10.2 Å². The Morgan fingerprint density at radius 1 is 1.26 bits per heavy atom. The van der Waals surface area contributed by atoms with Crippen molar-refractivity contribution in [2.75, 3.05) is 11.9 Å². The van der Waals surface area contributed by atoms with Crippen molar-refractivity contribution >= 4 is 5.82 Å². The molecule has 0 aliphatic heterocycles. The molecule has 2 aromatic heterocycles. The van der Waals surface area contributed by atoms with Gasteiger partial charge in [-0.3, -0.25) is 0 Å². The average Bonchev–Trinajstić information content (AvgIpc) is 3.21. The Balaban J connectivity index is 1.37. The SMILES string of the molecule is CN(c1cnc(-c2ccc(-n3cc(F)c(C#N)n3)cc2O)nn1)[C@@H]1C[C@@]2(C)CCC[C@](C)(C2)[C@@H]1F. The first-order chi connectivity index (χ1) is 16.6. The number of fused-ring (bicyclic) bond motifs is 2. The number of halogens is 2. The summed E-state index contributed by atoms with van der Waals surface area (Å²) < 4.78 is 30.5. The zero-order valence-electron chi connectivity index (χ0n) is 19.9. The van der Waals surface area contributed by atoms with Crippen LogP contribution in [0.3, 0.4) is 0 Å². The van der Waals surface area contributed by atoms with Crippen LogP contribution in [0.2, 0.25) is 0 Å². The summed E-state index contributed by atoms with van der Waals surface area (Å²) in [7, 11) is 1.83. The molecule has 2 aliphatic carbocycles. The van der Waals surface area contributed by atoms with Crippen LogP contribution in [0.5, 0.6) is 5.75 Å². The van der Waals surface area contributed by atoms with Gasteiger partial charge in [0.1, 0.15) is 18.0 Å². The van der Waals surface area contributed by atoms with Gasteiger partial charge in [-0.1, -0.05) is 20.3 Å². The summed E-state index contributed by atoms with van der Waals surface area (Å²) in [6, 6.07) is 5.91. The van der Waals surface area contributed by atoms with E-state index in [9.17, 15) is 9.50 Å². The number of anilines is 1. The van der Waals surface area contributed by atoms with Gasteiger partial charge in [0.25, 0.3) is 0 Å². The van der Waals surface area contributed by atoms with Crippen LogP contribution in [0.4, 0.5) is 14.6 Å². The second kappa shape index (κ2) is 8.26. The summed E-state index contributed by atoms with van der Waals surface area (Å²) in [5, 5.41) is 31.7. The molecule has 0 unspecified atom stereocenters. The zero-order valence-corrected chi connectivity index (χ0v) is 19.9. The van der Waals surface area contributed by atoms with Gasteiger partial charge in [0.15, 0.2) is 23.2 Å². The number of rotatable bonds is 4. The first-order valence-electron chi connectivity index (χ1n) is 11.7. The zero-order chi connectivity index (χ0) is 25.0. The quantitative estimate of drug-likeness (QED) is 0.584. The van der Waals surface area contributed by atoms with Crippen LogP contribution in [0.25, 0.3) is 17.1 Å². The molecule has 2 fully saturated rings. The highest BCUT2D eigenvalue weighted by Crippen LogP contribution is 2.57. The van der Waals surface area contributed by atoms with Crippen LogP contribution in [-0.2, 0) is 0 Å². The van der Waals surface area contributed by atoms with Crippen LogP contribution < -0.4 is 4.90 Å². The Morgan fingerprint density at radius 2 is 2.06 bits per heavy atom. The van der Waals surface area contributed by atoms with E-state index in [4.69, 9.17) is 5.26 Å². The maximum absolute atomic E-state index is 15.6. The molecule has 1 aromatic carbocycles. The van der Waals surface area contributed by atoms with E-state index in [2.05, 4.69) is 34.1 Å². The fraction of sp³-hybridized carbons (Fsp3) is 0.480. The second-order valence-corrected chi connectivity index (χ2v) is 10.5. The Labute approximate surface area is 202 Å². The number of benzene rings is 1. The molecule has 3 aromatic rings. The van der Waals surface area contributed by atoms with Gasteiger partial charge in [0.2, 0.25) is 0 Å². The molecular formula is C25H27F2N7O. The number of phenolic OH excluding ortho intramolecular Hbond substituents is 1. The Bertz CT molecular complexity index is 1300. The lowest BCUT2D eigenvalue weighted by Crippen LogP contribution is -2.57. The molecule has 2 heterocycles. The number of alkyl halides is 1. The molecule has 0 spiro atoms. The molecule has 1 N–H and O–H groups in total. The number of hydrogen-bond acceptors (Lipinski definition) is 7. The summed E-state index contributed by atoms with van der Waals surface area (Å²) in [6.45, 7) is 4.32. The van der Waals surface area contributed by atoms with Gasteiger partial charge < -0.3 is 10.0 Å². The number of hydrogen-bond donors (Lipinski definition) is 1. The minimum absolute atomic E-state index is 0.119. The molecule has 35 heavy (non-hydrogen) atoms. The lowest BCUT2D eigenvalue weighted by Gasteiger charge is -2.55. The highest BCUT2D eigenvalue weighted by Gasteiger charge is 2.54. The van der Waals surface area contributed by atoms with Crippen LogP contribution in [0.15, 0.2) is 30.6 Å². The summed E-state index contributed by atoms with van der Waals surface area (Å²) in [4.78, 5) is 6.21. The largest absolute Gasteiger partial charge is 0.507 e. The van der Waals surface area contributed by atoms with Crippen molar-refractivity contribution in [1.82, 2.24) is 25.0 Å². The van der Waals surface area contributed by atoms with Crippen molar-refractivity contribution in [3.63, 3.8) is 0 Å². The molecule has 10 heteroatoms. The first-order valence-corrected chi connectivity index (χ1v) is 11.7. The molecule has 2 aliphatic rings. The summed E-state index contributed by atoms with van der Waals surface area (Å²) in [5.74, 6) is -0.222. The predicted octanol–water partition coefficient (Wildman–Crippen LogP) is 4.57. The first kappa shape index (κ1) is 23.1. The number of aromatic nitrogens is 5. The van der Waals surface area contributed by atoms with E-state index in [1.807, 2.05) is 11.9 Å². The smallest absolute Gasteiger partial charge is 0.198 e. The predicted molar refractivity (Wildman–Crippen MR) is 125 cm³/mol.